The summed E-state index contributed by atoms with van der Waals surface area (Å²) < 4.78 is 43.4. The summed E-state index contributed by atoms with van der Waals surface area (Å²) in [6.07, 6.45) is 3.18. The second-order valence-corrected chi connectivity index (χ2v) is 12.8. The van der Waals surface area contributed by atoms with Crippen LogP contribution in [0.2, 0.25) is 0 Å². The highest BCUT2D eigenvalue weighted by atomic mass is 35.5. The molecule has 4 heterocycles. The van der Waals surface area contributed by atoms with Crippen molar-refractivity contribution in [3.63, 3.8) is 0 Å². The molecule has 4 aliphatic heterocycles. The minimum atomic E-state index is -0.0839. The lowest BCUT2D eigenvalue weighted by Crippen LogP contribution is -2.34. The van der Waals surface area contributed by atoms with E-state index >= 15 is 0 Å². The number of methoxy groups -OCH3 is 5. The van der Waals surface area contributed by atoms with Gasteiger partial charge in [-0.2, -0.15) is 0 Å². The van der Waals surface area contributed by atoms with Gasteiger partial charge in [0, 0.05) is 36.3 Å². The fourth-order valence-electron chi connectivity index (χ4n) is 7.58. The topological polar surface area (TPSA) is 71.1 Å². The van der Waals surface area contributed by atoms with E-state index in [4.69, 9.17) is 33.2 Å². The summed E-state index contributed by atoms with van der Waals surface area (Å²) in [5, 5.41) is 0. The van der Waals surface area contributed by atoms with Gasteiger partial charge in [-0.1, -0.05) is 18.2 Å². The predicted molar refractivity (Wildman–Crippen MR) is 199 cm³/mol. The molecule has 2 atom stereocenters. The zero-order chi connectivity index (χ0) is 33.5. The van der Waals surface area contributed by atoms with Crippen molar-refractivity contribution in [3.8, 4) is 51.7 Å². The lowest BCUT2D eigenvalue weighted by Gasteiger charge is -2.38. The smallest absolute Gasteiger partial charge is 0.208 e. The van der Waals surface area contributed by atoms with Crippen LogP contribution in [0, 0.1) is 0 Å². The van der Waals surface area contributed by atoms with E-state index in [-0.39, 0.29) is 36.9 Å². The van der Waals surface area contributed by atoms with Crippen LogP contribution >= 0.6 is 24.8 Å². The molecule has 4 aromatic rings. The molecule has 0 N–H and O–H groups in total. The maximum Gasteiger partial charge on any atom is 0.208 e. The van der Waals surface area contributed by atoms with Crippen LogP contribution < -0.4 is 33.2 Å². The second-order valence-electron chi connectivity index (χ2n) is 12.8. The molecule has 0 amide bonds. The maximum atomic E-state index is 7.07. The van der Waals surface area contributed by atoms with Crippen molar-refractivity contribution < 1.29 is 33.2 Å². The molecule has 0 aliphatic carbocycles. The van der Waals surface area contributed by atoms with Crippen LogP contribution in [0.4, 0.5) is 0 Å². The molecule has 11 heteroatoms. The third-order valence-corrected chi connectivity index (χ3v) is 10.2. The Hall–Kier alpha value is -4.02. The number of hydrogen-bond acceptors (Lipinski definition) is 9. The van der Waals surface area contributed by atoms with Crippen molar-refractivity contribution in [2.24, 2.45) is 0 Å². The molecule has 0 saturated carbocycles. The predicted octanol–water partition coefficient (Wildman–Crippen LogP) is 8.01. The summed E-state index contributed by atoms with van der Waals surface area (Å²) in [7, 11) is 12.7. The molecule has 2 unspecified atom stereocenters. The molecular weight excluding hydrogens is 679 g/mol. The highest BCUT2D eigenvalue weighted by molar-refractivity contribution is 5.85. The molecule has 4 aliphatic rings. The Bertz CT molecular complexity index is 1840. The van der Waals surface area contributed by atoms with Gasteiger partial charge in [-0.25, -0.2) is 0 Å². The Morgan fingerprint density at radius 3 is 1.90 bits per heavy atom. The van der Waals surface area contributed by atoms with E-state index in [1.807, 2.05) is 18.2 Å². The minimum Gasteiger partial charge on any atom is -0.493 e. The van der Waals surface area contributed by atoms with E-state index in [2.05, 4.69) is 60.3 Å². The number of ether oxygens (including phenoxy) is 7. The largest absolute Gasteiger partial charge is 0.493 e. The van der Waals surface area contributed by atoms with Gasteiger partial charge < -0.3 is 33.2 Å². The average Bonchev–Trinajstić information content (AvgIpc) is 3.10. The van der Waals surface area contributed by atoms with Gasteiger partial charge in [-0.15, -0.1) is 24.8 Å². The molecule has 0 aromatic heterocycles. The van der Waals surface area contributed by atoms with Crippen molar-refractivity contribution in [1.82, 2.24) is 9.80 Å². The van der Waals surface area contributed by atoms with Crippen LogP contribution in [0.15, 0.2) is 54.6 Å². The number of hydrogen-bond donors (Lipinski definition) is 0. The third-order valence-electron chi connectivity index (χ3n) is 10.2. The molecule has 0 radical (unpaired) electrons. The van der Waals surface area contributed by atoms with Crippen molar-refractivity contribution in [1.29, 1.82) is 0 Å². The molecule has 8 rings (SSSR count). The first kappa shape index (κ1) is 37.2. The summed E-state index contributed by atoms with van der Waals surface area (Å²) in [5.74, 6) is 5.67. The Morgan fingerprint density at radius 1 is 0.600 bits per heavy atom. The number of fused-ring (bicyclic) bond motifs is 2. The Kier molecular flexibility index (Phi) is 11.5. The first-order valence-corrected chi connectivity index (χ1v) is 16.4. The van der Waals surface area contributed by atoms with Crippen molar-refractivity contribution in [3.05, 3.63) is 88.0 Å². The quantitative estimate of drug-likeness (QED) is 0.204. The molecule has 0 fully saturated rings. The fourth-order valence-corrected chi connectivity index (χ4v) is 7.58. The van der Waals surface area contributed by atoms with Gasteiger partial charge in [0.15, 0.2) is 34.5 Å². The van der Waals surface area contributed by atoms with Gasteiger partial charge in [-0.05, 0) is 98.4 Å². The van der Waals surface area contributed by atoms with Crippen LogP contribution in [0.25, 0.3) is 0 Å². The van der Waals surface area contributed by atoms with E-state index in [0.29, 0.717) is 52.4 Å². The van der Waals surface area contributed by atoms with E-state index < -0.39 is 0 Å². The first-order valence-electron chi connectivity index (χ1n) is 16.4. The van der Waals surface area contributed by atoms with Crippen molar-refractivity contribution >= 4 is 24.8 Å². The monoisotopic (exact) mass is 724 g/mol. The highest BCUT2D eigenvalue weighted by Crippen LogP contribution is 2.56. The summed E-state index contributed by atoms with van der Waals surface area (Å²) in [5.41, 5.74) is 6.84. The molecule has 268 valence electrons. The zero-order valence-corrected chi connectivity index (χ0v) is 31.3. The van der Waals surface area contributed by atoms with Crippen molar-refractivity contribution in [2.75, 3.05) is 62.7 Å². The molecule has 50 heavy (non-hydrogen) atoms. The van der Waals surface area contributed by atoms with E-state index in [0.717, 1.165) is 54.8 Å². The number of halogens is 2. The van der Waals surface area contributed by atoms with Crippen LogP contribution in [-0.4, -0.2) is 72.5 Å². The van der Waals surface area contributed by atoms with Crippen molar-refractivity contribution in [2.45, 2.75) is 37.8 Å². The normalized spacial score (nSPS) is 18.1. The van der Waals surface area contributed by atoms with Gasteiger partial charge in [-0.3, -0.25) is 9.80 Å². The summed E-state index contributed by atoms with van der Waals surface area (Å²) in [6, 6.07) is 18.9. The van der Waals surface area contributed by atoms with Crippen LogP contribution in [0.1, 0.15) is 45.5 Å². The molecular formula is C39H46Cl2N2O7. The molecule has 0 saturated heterocycles. The van der Waals surface area contributed by atoms with Gasteiger partial charge >= 0.3 is 0 Å². The SMILES string of the molecule is COc1ccc2cc1Oc1ccc(cc1)CC1c3cc(c(OC)cc3CCN1C)Oc1c(OC)c(OC)c(OC)c3c1C(C2)N(C)CC3.Cl.Cl. The number of benzene rings is 4. The highest BCUT2D eigenvalue weighted by Gasteiger charge is 2.37. The van der Waals surface area contributed by atoms with Gasteiger partial charge in [0.05, 0.1) is 35.5 Å². The molecule has 4 aromatic carbocycles. The third kappa shape index (κ3) is 6.60. The van der Waals surface area contributed by atoms with Gasteiger partial charge in [0.1, 0.15) is 5.75 Å². The Morgan fingerprint density at radius 2 is 1.22 bits per heavy atom. The molecule has 0 spiro atoms. The Balaban J connectivity index is 0.00000243. The summed E-state index contributed by atoms with van der Waals surface area (Å²) >= 11 is 0. The lowest BCUT2D eigenvalue weighted by molar-refractivity contribution is 0.216. The number of rotatable bonds is 5. The Labute approximate surface area is 307 Å². The standard InChI is InChI=1S/C39H44N2O7.2ClH/c1-40-16-14-25-21-32(43-4)34-22-28(25)29(40)18-23-8-11-26(12-9-23)47-33-20-24(10-13-31(33)42-3)19-30-35-27(15-17-41(30)2)36(44-5)38(45-6)39(46-7)37(35)48-34;;/h8-13,20-22,29-30H,14-19H2,1-7H3;2*1H. The minimum absolute atomic E-state index is 0. The molecule has 9 nitrogen and oxygen atoms in total. The average molecular weight is 726 g/mol. The van der Waals surface area contributed by atoms with Gasteiger partial charge in [0.2, 0.25) is 11.5 Å². The number of nitrogens with zero attached hydrogens (tertiary/aromatic N) is 2. The van der Waals surface area contributed by atoms with E-state index in [1.165, 1.54) is 16.7 Å². The lowest BCUT2D eigenvalue weighted by atomic mass is 9.86. The van der Waals surface area contributed by atoms with Crippen LogP contribution in [-0.2, 0) is 25.7 Å². The number of likely N-dealkylation sites (N-methyl/N-ethyl adjacent to an activating group) is 2. The zero-order valence-electron chi connectivity index (χ0n) is 29.7. The van der Waals surface area contributed by atoms with E-state index in [9.17, 15) is 0 Å². The molecule has 6 bridgehead atoms. The second kappa shape index (κ2) is 15.5. The van der Waals surface area contributed by atoms with Crippen LogP contribution in [0.5, 0.6) is 51.7 Å². The van der Waals surface area contributed by atoms with Crippen LogP contribution in [0.3, 0.4) is 0 Å². The summed E-state index contributed by atoms with van der Waals surface area (Å²) in [4.78, 5) is 4.78. The first-order chi connectivity index (χ1) is 23.4. The fraction of sp³-hybridized carbons (Fsp3) is 0.385. The van der Waals surface area contributed by atoms with Gasteiger partial charge in [0.25, 0.3) is 0 Å². The maximum absolute atomic E-state index is 7.07. The van der Waals surface area contributed by atoms with E-state index in [1.54, 1.807) is 35.5 Å². The summed E-state index contributed by atoms with van der Waals surface area (Å²) in [6.45, 7) is 1.77.